The molecule has 0 aliphatic heterocycles. The zero-order chi connectivity index (χ0) is 20.8. The number of hydrogen-bond acceptors (Lipinski definition) is 7. The SMILES string of the molecule is COc1ccc(-c2noc(CCC(=O)NCc3cc(-c4ccccc4)on3)n2)cc1. The molecular weight excluding hydrogens is 384 g/mol. The average molecular weight is 404 g/mol. The first-order valence-electron chi connectivity index (χ1n) is 9.46. The van der Waals surface area contributed by atoms with Crippen LogP contribution >= 0.6 is 0 Å². The standard InChI is InChI=1S/C22H20N4O4/c1-28-18-9-7-16(8-10-18)22-24-21(30-26-22)12-11-20(27)23-14-17-13-19(29-25-17)15-5-3-2-4-6-15/h2-10,13H,11-12,14H2,1H3,(H,23,27). The molecule has 4 aromatic rings. The Morgan fingerprint density at radius 3 is 2.57 bits per heavy atom. The second kappa shape index (κ2) is 9.04. The summed E-state index contributed by atoms with van der Waals surface area (Å²) in [5, 5.41) is 10.8. The first-order valence-corrected chi connectivity index (χ1v) is 9.46. The van der Waals surface area contributed by atoms with E-state index < -0.39 is 0 Å². The van der Waals surface area contributed by atoms with E-state index in [1.807, 2.05) is 60.7 Å². The van der Waals surface area contributed by atoms with Crippen LogP contribution in [0.1, 0.15) is 18.0 Å². The molecule has 0 saturated carbocycles. The van der Waals surface area contributed by atoms with Crippen molar-refractivity contribution >= 4 is 5.91 Å². The Labute approximate surface area is 172 Å². The molecule has 0 radical (unpaired) electrons. The third-order valence-corrected chi connectivity index (χ3v) is 4.47. The molecule has 0 bridgehead atoms. The molecule has 0 spiro atoms. The minimum Gasteiger partial charge on any atom is -0.497 e. The Hall–Kier alpha value is -3.94. The molecule has 2 aromatic heterocycles. The van der Waals surface area contributed by atoms with Crippen LogP contribution in [0.2, 0.25) is 0 Å². The highest BCUT2D eigenvalue weighted by molar-refractivity contribution is 5.76. The van der Waals surface area contributed by atoms with Gasteiger partial charge in [0.25, 0.3) is 0 Å². The molecule has 0 atom stereocenters. The van der Waals surface area contributed by atoms with Crippen LogP contribution in [0, 0.1) is 0 Å². The van der Waals surface area contributed by atoms with Gasteiger partial charge in [0.1, 0.15) is 11.4 Å². The number of amides is 1. The number of benzene rings is 2. The summed E-state index contributed by atoms with van der Waals surface area (Å²) in [6, 6.07) is 18.8. The van der Waals surface area contributed by atoms with Crippen LogP contribution in [-0.4, -0.2) is 28.3 Å². The fourth-order valence-electron chi connectivity index (χ4n) is 2.85. The number of hydrogen-bond donors (Lipinski definition) is 1. The molecule has 4 rings (SSSR count). The van der Waals surface area contributed by atoms with Gasteiger partial charge in [0.15, 0.2) is 5.76 Å². The van der Waals surface area contributed by atoms with Crippen LogP contribution < -0.4 is 10.1 Å². The Bertz CT molecular complexity index is 1100. The molecule has 1 amide bonds. The van der Waals surface area contributed by atoms with Crippen LogP contribution in [0.15, 0.2) is 69.7 Å². The number of methoxy groups -OCH3 is 1. The summed E-state index contributed by atoms with van der Waals surface area (Å²) >= 11 is 0. The third-order valence-electron chi connectivity index (χ3n) is 4.47. The van der Waals surface area contributed by atoms with Crippen LogP contribution in [0.4, 0.5) is 0 Å². The van der Waals surface area contributed by atoms with Gasteiger partial charge in [0.05, 0.1) is 13.7 Å². The maximum Gasteiger partial charge on any atom is 0.227 e. The molecule has 152 valence electrons. The van der Waals surface area contributed by atoms with E-state index in [-0.39, 0.29) is 18.9 Å². The van der Waals surface area contributed by atoms with Crippen LogP contribution in [0.25, 0.3) is 22.7 Å². The van der Waals surface area contributed by atoms with E-state index in [2.05, 4.69) is 20.6 Å². The molecular formula is C22H20N4O4. The molecule has 1 N–H and O–H groups in total. The predicted octanol–water partition coefficient (Wildman–Crippen LogP) is 3.65. The van der Waals surface area contributed by atoms with Crippen molar-refractivity contribution in [2.24, 2.45) is 0 Å². The van der Waals surface area contributed by atoms with E-state index in [4.69, 9.17) is 13.8 Å². The van der Waals surface area contributed by atoms with E-state index in [0.717, 1.165) is 16.9 Å². The predicted molar refractivity (Wildman–Crippen MR) is 108 cm³/mol. The molecule has 2 aromatic carbocycles. The number of carbonyl (C=O) groups is 1. The number of nitrogens with zero attached hydrogens (tertiary/aromatic N) is 3. The highest BCUT2D eigenvalue weighted by Crippen LogP contribution is 2.21. The zero-order valence-corrected chi connectivity index (χ0v) is 16.4. The maximum absolute atomic E-state index is 12.1. The van der Waals surface area contributed by atoms with Crippen molar-refractivity contribution in [2.45, 2.75) is 19.4 Å². The molecule has 0 aliphatic rings. The van der Waals surface area contributed by atoms with Gasteiger partial charge in [0.2, 0.25) is 17.6 Å². The maximum atomic E-state index is 12.1. The zero-order valence-electron chi connectivity index (χ0n) is 16.4. The summed E-state index contributed by atoms with van der Waals surface area (Å²) in [7, 11) is 1.61. The molecule has 0 aliphatic carbocycles. The number of ether oxygens (including phenoxy) is 1. The van der Waals surface area contributed by atoms with Gasteiger partial charge in [-0.3, -0.25) is 4.79 Å². The molecule has 30 heavy (non-hydrogen) atoms. The van der Waals surface area contributed by atoms with E-state index in [9.17, 15) is 4.79 Å². The first-order chi connectivity index (χ1) is 14.7. The summed E-state index contributed by atoms with van der Waals surface area (Å²) in [5.74, 6) is 2.16. The van der Waals surface area contributed by atoms with Crippen molar-refractivity contribution in [3.63, 3.8) is 0 Å². The second-order valence-electron chi connectivity index (χ2n) is 6.57. The van der Waals surface area contributed by atoms with Crippen LogP contribution in [0.3, 0.4) is 0 Å². The van der Waals surface area contributed by atoms with E-state index >= 15 is 0 Å². The van der Waals surface area contributed by atoms with Gasteiger partial charge in [-0.05, 0) is 24.3 Å². The van der Waals surface area contributed by atoms with Gasteiger partial charge in [-0.2, -0.15) is 4.98 Å². The lowest BCUT2D eigenvalue weighted by atomic mass is 10.1. The molecule has 8 nitrogen and oxygen atoms in total. The van der Waals surface area contributed by atoms with Crippen molar-refractivity contribution in [1.29, 1.82) is 0 Å². The minimum absolute atomic E-state index is 0.136. The number of nitrogens with one attached hydrogen (secondary N) is 1. The third kappa shape index (κ3) is 4.72. The molecule has 0 unspecified atom stereocenters. The lowest BCUT2D eigenvalue weighted by Crippen LogP contribution is -2.23. The highest BCUT2D eigenvalue weighted by atomic mass is 16.5. The van der Waals surface area contributed by atoms with Gasteiger partial charge >= 0.3 is 0 Å². The second-order valence-corrected chi connectivity index (χ2v) is 6.57. The molecule has 0 fully saturated rings. The van der Waals surface area contributed by atoms with Gasteiger partial charge in [0, 0.05) is 30.0 Å². The van der Waals surface area contributed by atoms with Crippen LogP contribution in [-0.2, 0) is 17.8 Å². The van der Waals surface area contributed by atoms with Gasteiger partial charge in [-0.25, -0.2) is 0 Å². The normalized spacial score (nSPS) is 10.7. The Morgan fingerprint density at radius 2 is 1.80 bits per heavy atom. The van der Waals surface area contributed by atoms with Crippen molar-refractivity contribution in [1.82, 2.24) is 20.6 Å². The Balaban J connectivity index is 1.26. The number of aryl methyl sites for hydroxylation is 1. The van der Waals surface area contributed by atoms with E-state index in [0.29, 0.717) is 29.6 Å². The lowest BCUT2D eigenvalue weighted by Gasteiger charge is -2.00. The van der Waals surface area contributed by atoms with E-state index in [1.165, 1.54) is 0 Å². The Kier molecular flexibility index (Phi) is 5.84. The quantitative estimate of drug-likeness (QED) is 0.478. The summed E-state index contributed by atoms with van der Waals surface area (Å²) in [5.41, 5.74) is 2.41. The van der Waals surface area contributed by atoms with Gasteiger partial charge in [-0.15, -0.1) is 0 Å². The summed E-state index contributed by atoms with van der Waals surface area (Å²) in [4.78, 5) is 16.5. The average Bonchev–Trinajstić information content (AvgIpc) is 3.47. The highest BCUT2D eigenvalue weighted by Gasteiger charge is 2.12. The lowest BCUT2D eigenvalue weighted by molar-refractivity contribution is -0.121. The van der Waals surface area contributed by atoms with Crippen molar-refractivity contribution in [3.8, 4) is 28.5 Å². The summed E-state index contributed by atoms with van der Waals surface area (Å²) in [6.45, 7) is 0.288. The molecule has 0 saturated heterocycles. The van der Waals surface area contributed by atoms with Crippen LogP contribution in [0.5, 0.6) is 5.75 Å². The first kappa shape index (κ1) is 19.4. The topological polar surface area (TPSA) is 103 Å². The minimum atomic E-state index is -0.136. The van der Waals surface area contributed by atoms with Crippen molar-refractivity contribution in [2.75, 3.05) is 7.11 Å². The largest absolute Gasteiger partial charge is 0.497 e. The number of rotatable bonds is 8. The summed E-state index contributed by atoms with van der Waals surface area (Å²) in [6.07, 6.45) is 0.580. The van der Waals surface area contributed by atoms with Gasteiger partial charge < -0.3 is 19.1 Å². The van der Waals surface area contributed by atoms with Gasteiger partial charge in [-0.1, -0.05) is 40.6 Å². The molecule has 2 heterocycles. The smallest absolute Gasteiger partial charge is 0.227 e. The van der Waals surface area contributed by atoms with Crippen molar-refractivity contribution in [3.05, 3.63) is 72.2 Å². The summed E-state index contributed by atoms with van der Waals surface area (Å²) < 4.78 is 15.7. The van der Waals surface area contributed by atoms with Crippen molar-refractivity contribution < 1.29 is 18.6 Å². The molecule has 8 heteroatoms. The van der Waals surface area contributed by atoms with E-state index in [1.54, 1.807) is 7.11 Å². The number of carbonyl (C=O) groups excluding carboxylic acids is 1. The fourth-order valence-corrected chi connectivity index (χ4v) is 2.85. The monoisotopic (exact) mass is 404 g/mol. The fraction of sp³-hybridized carbons (Fsp3) is 0.182. The Morgan fingerprint density at radius 1 is 1.00 bits per heavy atom. The number of aromatic nitrogens is 3.